The molecule has 0 saturated heterocycles. The number of aliphatic hydroxyl groups excluding tert-OH is 1. The summed E-state index contributed by atoms with van der Waals surface area (Å²) < 4.78 is 13.4. The normalized spacial score (nSPS) is 12.0. The Kier molecular flexibility index (Phi) is 5.48. The van der Waals surface area contributed by atoms with Gasteiger partial charge in [-0.25, -0.2) is 4.39 Å². The summed E-state index contributed by atoms with van der Waals surface area (Å²) in [5.41, 5.74) is 6.08. The molecule has 0 amide bonds. The minimum Gasteiger partial charge on any atom is -0.394 e. The highest BCUT2D eigenvalue weighted by atomic mass is 79.9. The molecule has 0 aliphatic carbocycles. The molecule has 5 heteroatoms. The van der Waals surface area contributed by atoms with Gasteiger partial charge in [0.05, 0.1) is 12.6 Å². The summed E-state index contributed by atoms with van der Waals surface area (Å²) >= 11 is 3.13. The average molecular weight is 271 g/mol. The van der Waals surface area contributed by atoms with Gasteiger partial charge in [0.15, 0.2) is 0 Å². The van der Waals surface area contributed by atoms with E-state index in [1.807, 2.05) is 0 Å². The molecule has 13 heavy (non-hydrogen) atoms. The lowest BCUT2D eigenvalue weighted by molar-refractivity contribution is 0.267. The SMILES string of the molecule is Cl.NC(CO)c1cc(F)cc(Br)c1. The third kappa shape index (κ3) is 3.60. The summed E-state index contributed by atoms with van der Waals surface area (Å²) in [5, 5.41) is 8.71. The lowest BCUT2D eigenvalue weighted by Crippen LogP contribution is -2.14. The van der Waals surface area contributed by atoms with E-state index >= 15 is 0 Å². The van der Waals surface area contributed by atoms with Gasteiger partial charge < -0.3 is 10.8 Å². The second kappa shape index (κ2) is 5.54. The molecule has 2 nitrogen and oxygen atoms in total. The van der Waals surface area contributed by atoms with Crippen LogP contribution in [0.15, 0.2) is 22.7 Å². The van der Waals surface area contributed by atoms with Crippen molar-refractivity contribution in [3.63, 3.8) is 0 Å². The Morgan fingerprint density at radius 3 is 2.54 bits per heavy atom. The predicted molar refractivity (Wildman–Crippen MR) is 55.4 cm³/mol. The van der Waals surface area contributed by atoms with E-state index in [1.165, 1.54) is 12.1 Å². The summed E-state index contributed by atoms with van der Waals surface area (Å²) in [5.74, 6) is -0.358. The number of hydrogen-bond donors (Lipinski definition) is 2. The van der Waals surface area contributed by atoms with E-state index in [1.54, 1.807) is 6.07 Å². The molecule has 1 rings (SSSR count). The third-order valence-corrected chi connectivity index (χ3v) is 1.97. The number of halogens is 3. The fourth-order valence-corrected chi connectivity index (χ4v) is 1.38. The first-order valence-corrected chi connectivity index (χ1v) is 4.25. The van der Waals surface area contributed by atoms with Crippen LogP contribution in [-0.2, 0) is 0 Å². The van der Waals surface area contributed by atoms with Crippen molar-refractivity contribution in [2.24, 2.45) is 5.73 Å². The van der Waals surface area contributed by atoms with Crippen molar-refractivity contribution in [3.8, 4) is 0 Å². The molecule has 0 aliphatic rings. The zero-order valence-electron chi connectivity index (χ0n) is 6.71. The molecule has 74 valence electrons. The topological polar surface area (TPSA) is 46.2 Å². The van der Waals surface area contributed by atoms with Crippen LogP contribution in [-0.4, -0.2) is 11.7 Å². The van der Waals surface area contributed by atoms with Gasteiger partial charge in [-0.1, -0.05) is 15.9 Å². The quantitative estimate of drug-likeness (QED) is 0.863. The Bertz CT molecular complexity index is 265. The van der Waals surface area contributed by atoms with E-state index < -0.39 is 6.04 Å². The van der Waals surface area contributed by atoms with Crippen molar-refractivity contribution in [3.05, 3.63) is 34.1 Å². The molecule has 1 atom stereocenters. The van der Waals surface area contributed by atoms with Crippen molar-refractivity contribution in [1.82, 2.24) is 0 Å². The van der Waals surface area contributed by atoms with Gasteiger partial charge in [-0.05, 0) is 23.8 Å². The summed E-state index contributed by atoms with van der Waals surface area (Å²) in [6.07, 6.45) is 0. The van der Waals surface area contributed by atoms with E-state index in [0.717, 1.165) is 0 Å². The molecular weight excluding hydrogens is 260 g/mol. The van der Waals surface area contributed by atoms with Crippen LogP contribution < -0.4 is 5.73 Å². The summed E-state index contributed by atoms with van der Waals surface area (Å²) in [4.78, 5) is 0. The van der Waals surface area contributed by atoms with Crippen molar-refractivity contribution >= 4 is 28.3 Å². The van der Waals surface area contributed by atoms with Crippen molar-refractivity contribution in [1.29, 1.82) is 0 Å². The second-order valence-electron chi connectivity index (χ2n) is 2.49. The van der Waals surface area contributed by atoms with E-state index in [-0.39, 0.29) is 24.8 Å². The fraction of sp³-hybridized carbons (Fsp3) is 0.250. The molecule has 0 radical (unpaired) electrons. The van der Waals surface area contributed by atoms with E-state index in [2.05, 4.69) is 15.9 Å². The highest BCUT2D eigenvalue weighted by molar-refractivity contribution is 9.10. The third-order valence-electron chi connectivity index (χ3n) is 1.51. The van der Waals surface area contributed by atoms with Gasteiger partial charge in [0, 0.05) is 4.47 Å². The second-order valence-corrected chi connectivity index (χ2v) is 3.41. The largest absolute Gasteiger partial charge is 0.394 e. The van der Waals surface area contributed by atoms with Crippen molar-refractivity contribution in [2.45, 2.75) is 6.04 Å². The fourth-order valence-electron chi connectivity index (χ4n) is 0.895. The molecule has 1 aromatic carbocycles. The molecule has 0 aliphatic heterocycles. The maximum absolute atomic E-state index is 12.8. The van der Waals surface area contributed by atoms with Gasteiger partial charge in [0.1, 0.15) is 5.82 Å². The van der Waals surface area contributed by atoms with Crippen molar-refractivity contribution < 1.29 is 9.50 Å². The van der Waals surface area contributed by atoms with Crippen LogP contribution in [0.1, 0.15) is 11.6 Å². The number of aliphatic hydroxyl groups is 1. The Morgan fingerprint density at radius 2 is 2.08 bits per heavy atom. The maximum atomic E-state index is 12.8. The number of nitrogens with two attached hydrogens (primary N) is 1. The standard InChI is InChI=1S/C8H9BrFNO.ClH/c9-6-1-5(8(11)4-12)2-7(10)3-6;/h1-3,8,12H,4,11H2;1H. The van der Waals surface area contributed by atoms with Crippen LogP contribution >= 0.6 is 28.3 Å². The molecule has 0 aromatic heterocycles. The first kappa shape index (κ1) is 12.8. The van der Waals surface area contributed by atoms with E-state index in [0.29, 0.717) is 10.0 Å². The van der Waals surface area contributed by atoms with Crippen LogP contribution in [0.4, 0.5) is 4.39 Å². The number of benzene rings is 1. The molecule has 0 bridgehead atoms. The van der Waals surface area contributed by atoms with Crippen LogP contribution in [0.25, 0.3) is 0 Å². The van der Waals surface area contributed by atoms with Crippen LogP contribution in [0.2, 0.25) is 0 Å². The lowest BCUT2D eigenvalue weighted by atomic mass is 10.1. The van der Waals surface area contributed by atoms with Gasteiger partial charge in [0.2, 0.25) is 0 Å². The Morgan fingerprint density at radius 1 is 1.46 bits per heavy atom. The lowest BCUT2D eigenvalue weighted by Gasteiger charge is -2.08. The minimum absolute atomic E-state index is 0. The van der Waals surface area contributed by atoms with Gasteiger partial charge in [0.25, 0.3) is 0 Å². The highest BCUT2D eigenvalue weighted by Crippen LogP contribution is 2.18. The molecule has 0 fully saturated rings. The van der Waals surface area contributed by atoms with Crippen LogP contribution in [0.5, 0.6) is 0 Å². The number of rotatable bonds is 2. The monoisotopic (exact) mass is 269 g/mol. The molecule has 1 unspecified atom stereocenters. The van der Waals surface area contributed by atoms with E-state index in [4.69, 9.17) is 10.8 Å². The summed E-state index contributed by atoms with van der Waals surface area (Å²) in [6, 6.07) is 3.82. The molecule has 0 saturated carbocycles. The maximum Gasteiger partial charge on any atom is 0.124 e. The van der Waals surface area contributed by atoms with E-state index in [9.17, 15) is 4.39 Å². The highest BCUT2D eigenvalue weighted by Gasteiger charge is 2.06. The molecule has 3 N–H and O–H groups in total. The Labute approximate surface area is 90.5 Å². The van der Waals surface area contributed by atoms with Crippen LogP contribution in [0.3, 0.4) is 0 Å². The average Bonchev–Trinajstić information content (AvgIpc) is 2.01. The first-order chi connectivity index (χ1) is 5.63. The Balaban J connectivity index is 0.00000144. The van der Waals surface area contributed by atoms with Gasteiger partial charge in [-0.15, -0.1) is 12.4 Å². The zero-order valence-corrected chi connectivity index (χ0v) is 9.11. The zero-order chi connectivity index (χ0) is 9.14. The van der Waals surface area contributed by atoms with Crippen molar-refractivity contribution in [2.75, 3.05) is 6.61 Å². The van der Waals surface area contributed by atoms with Gasteiger partial charge in [-0.2, -0.15) is 0 Å². The predicted octanol–water partition coefficient (Wildman–Crippen LogP) is 2.00. The Hall–Kier alpha value is -0.160. The van der Waals surface area contributed by atoms with Crippen LogP contribution in [0, 0.1) is 5.82 Å². The minimum atomic E-state index is -0.517. The number of hydrogen-bond acceptors (Lipinski definition) is 2. The smallest absolute Gasteiger partial charge is 0.124 e. The summed E-state index contributed by atoms with van der Waals surface area (Å²) in [7, 11) is 0. The molecule has 1 aromatic rings. The molecular formula is C8H10BrClFNO. The molecule has 0 heterocycles. The van der Waals surface area contributed by atoms with Gasteiger partial charge in [-0.3, -0.25) is 0 Å². The molecule has 0 spiro atoms. The summed E-state index contributed by atoms with van der Waals surface area (Å²) in [6.45, 7) is -0.185. The van der Waals surface area contributed by atoms with Gasteiger partial charge >= 0.3 is 0 Å². The first-order valence-electron chi connectivity index (χ1n) is 3.46.